The molecule has 0 radical (unpaired) electrons. The minimum absolute atomic E-state index is 0.0666. The zero-order valence-electron chi connectivity index (χ0n) is 18.0. The number of likely N-dealkylation sites (N-methyl/N-ethyl adjacent to an activating group) is 1. The van der Waals surface area contributed by atoms with Crippen LogP contribution in [-0.2, 0) is 21.9 Å². The van der Waals surface area contributed by atoms with Gasteiger partial charge in [-0.25, -0.2) is 0 Å². The number of methoxy groups -OCH3 is 2. The van der Waals surface area contributed by atoms with Gasteiger partial charge in [0.2, 0.25) is 11.8 Å². The maximum atomic E-state index is 13.0. The molecule has 0 saturated carbocycles. The van der Waals surface area contributed by atoms with Gasteiger partial charge in [0, 0.05) is 18.8 Å². The second-order valence-corrected chi connectivity index (χ2v) is 7.77. The van der Waals surface area contributed by atoms with Crippen LogP contribution in [-0.4, -0.2) is 49.3 Å². The molecule has 1 N–H and O–H groups in total. The predicted octanol–water partition coefficient (Wildman–Crippen LogP) is 3.49. The topological polar surface area (TPSA) is 67.9 Å². The first kappa shape index (κ1) is 23.6. The molecule has 0 unspecified atom stereocenters. The highest BCUT2D eigenvalue weighted by Crippen LogP contribution is 2.19. The van der Waals surface area contributed by atoms with E-state index in [0.717, 1.165) is 22.6 Å². The molecule has 0 spiro atoms. The number of thioether (sulfide) groups is 1. The molecule has 0 heterocycles. The van der Waals surface area contributed by atoms with E-state index in [9.17, 15) is 9.59 Å². The third-order valence-electron chi connectivity index (χ3n) is 4.68. The fourth-order valence-electron chi connectivity index (χ4n) is 2.89. The molecule has 0 aliphatic carbocycles. The number of ether oxygens (including phenoxy) is 2. The zero-order chi connectivity index (χ0) is 21.9. The van der Waals surface area contributed by atoms with Crippen molar-refractivity contribution in [2.75, 3.05) is 26.5 Å². The molecule has 0 aliphatic rings. The van der Waals surface area contributed by atoms with E-state index >= 15 is 0 Å². The molecule has 0 fully saturated rings. The first-order valence-electron chi connectivity index (χ1n) is 9.89. The Morgan fingerprint density at radius 2 is 1.50 bits per heavy atom. The average Bonchev–Trinajstić information content (AvgIpc) is 2.78. The zero-order valence-corrected chi connectivity index (χ0v) is 18.8. The Morgan fingerprint density at radius 3 is 2.00 bits per heavy atom. The molecule has 30 heavy (non-hydrogen) atoms. The van der Waals surface area contributed by atoms with Gasteiger partial charge in [0.25, 0.3) is 0 Å². The van der Waals surface area contributed by atoms with Gasteiger partial charge in [-0.05, 0) is 49.2 Å². The van der Waals surface area contributed by atoms with Gasteiger partial charge in [-0.15, -0.1) is 11.8 Å². The minimum Gasteiger partial charge on any atom is -0.497 e. The highest BCUT2D eigenvalue weighted by Gasteiger charge is 2.25. The van der Waals surface area contributed by atoms with Crippen molar-refractivity contribution in [2.45, 2.75) is 32.2 Å². The number of nitrogens with one attached hydrogen (secondary N) is 1. The lowest BCUT2D eigenvalue weighted by atomic mass is 10.1. The molecule has 2 aromatic rings. The molecule has 0 aliphatic heterocycles. The molecule has 6 nitrogen and oxygen atoms in total. The summed E-state index contributed by atoms with van der Waals surface area (Å²) in [7, 11) is 3.25. The van der Waals surface area contributed by atoms with Crippen LogP contribution in [0.5, 0.6) is 11.5 Å². The van der Waals surface area contributed by atoms with Crippen LogP contribution < -0.4 is 14.8 Å². The van der Waals surface area contributed by atoms with Crippen LogP contribution in [0.25, 0.3) is 0 Å². The van der Waals surface area contributed by atoms with Crippen LogP contribution in [0.1, 0.15) is 25.0 Å². The quantitative estimate of drug-likeness (QED) is 0.591. The van der Waals surface area contributed by atoms with E-state index in [1.165, 1.54) is 11.8 Å². The van der Waals surface area contributed by atoms with E-state index in [4.69, 9.17) is 9.47 Å². The third-order valence-corrected chi connectivity index (χ3v) is 5.67. The summed E-state index contributed by atoms with van der Waals surface area (Å²) >= 11 is 1.53. The first-order chi connectivity index (χ1) is 14.5. The molecule has 0 bridgehead atoms. The fraction of sp³-hybridized carbons (Fsp3) is 0.391. The molecule has 2 rings (SSSR count). The Labute approximate surface area is 182 Å². The van der Waals surface area contributed by atoms with Gasteiger partial charge in [0.05, 0.1) is 20.0 Å². The van der Waals surface area contributed by atoms with Crippen molar-refractivity contribution in [1.29, 1.82) is 0 Å². The van der Waals surface area contributed by atoms with E-state index in [-0.39, 0.29) is 11.8 Å². The smallest absolute Gasteiger partial charge is 0.242 e. The normalized spacial score (nSPS) is 11.5. The van der Waals surface area contributed by atoms with Crippen LogP contribution in [0.15, 0.2) is 48.5 Å². The third kappa shape index (κ3) is 6.99. The van der Waals surface area contributed by atoms with Crippen LogP contribution in [0, 0.1) is 0 Å². The second kappa shape index (κ2) is 12.1. The molecule has 162 valence electrons. The summed E-state index contributed by atoms with van der Waals surface area (Å²) < 4.78 is 10.4. The predicted molar refractivity (Wildman–Crippen MR) is 121 cm³/mol. The van der Waals surface area contributed by atoms with E-state index in [1.807, 2.05) is 55.5 Å². The molecular formula is C23H30N2O4S. The second-order valence-electron chi connectivity index (χ2n) is 6.78. The lowest BCUT2D eigenvalue weighted by Crippen LogP contribution is -2.48. The van der Waals surface area contributed by atoms with Gasteiger partial charge in [0.15, 0.2) is 0 Å². The van der Waals surface area contributed by atoms with Crippen LogP contribution >= 0.6 is 11.8 Å². The van der Waals surface area contributed by atoms with Crippen molar-refractivity contribution in [3.63, 3.8) is 0 Å². The molecule has 7 heteroatoms. The van der Waals surface area contributed by atoms with Crippen molar-refractivity contribution in [1.82, 2.24) is 10.2 Å². The number of nitrogens with zero attached hydrogens (tertiary/aromatic N) is 1. The van der Waals surface area contributed by atoms with Crippen molar-refractivity contribution in [3.8, 4) is 11.5 Å². The van der Waals surface area contributed by atoms with Crippen molar-refractivity contribution < 1.29 is 19.1 Å². The Balaban J connectivity index is 2.03. The van der Waals surface area contributed by atoms with Gasteiger partial charge < -0.3 is 19.7 Å². The van der Waals surface area contributed by atoms with Crippen LogP contribution in [0.4, 0.5) is 0 Å². The van der Waals surface area contributed by atoms with Crippen molar-refractivity contribution in [2.24, 2.45) is 0 Å². The summed E-state index contributed by atoms with van der Waals surface area (Å²) in [5, 5.41) is 2.81. The highest BCUT2D eigenvalue weighted by molar-refractivity contribution is 7.99. The summed E-state index contributed by atoms with van der Waals surface area (Å²) in [6, 6.07) is 14.8. The number of hydrogen-bond acceptors (Lipinski definition) is 5. The summed E-state index contributed by atoms with van der Waals surface area (Å²) in [5.74, 6) is 2.35. The van der Waals surface area contributed by atoms with Gasteiger partial charge in [-0.2, -0.15) is 0 Å². The summed E-state index contributed by atoms with van der Waals surface area (Å²) in [6.45, 7) is 4.52. The summed E-state index contributed by atoms with van der Waals surface area (Å²) in [5.41, 5.74) is 2.06. The fourth-order valence-corrected chi connectivity index (χ4v) is 3.76. The Morgan fingerprint density at radius 1 is 0.967 bits per heavy atom. The number of carbonyl (C=O) groups is 2. The van der Waals surface area contributed by atoms with Gasteiger partial charge in [-0.3, -0.25) is 9.59 Å². The van der Waals surface area contributed by atoms with E-state index in [2.05, 4.69) is 5.32 Å². The van der Waals surface area contributed by atoms with E-state index in [1.54, 1.807) is 26.0 Å². The van der Waals surface area contributed by atoms with Crippen molar-refractivity contribution >= 4 is 23.6 Å². The lowest BCUT2D eigenvalue weighted by molar-refractivity contribution is -0.138. The van der Waals surface area contributed by atoms with Gasteiger partial charge in [0.1, 0.15) is 17.5 Å². The van der Waals surface area contributed by atoms with Gasteiger partial charge >= 0.3 is 0 Å². The Bertz CT molecular complexity index is 809. The molecule has 0 saturated heterocycles. The van der Waals surface area contributed by atoms with E-state index < -0.39 is 6.04 Å². The van der Waals surface area contributed by atoms with Gasteiger partial charge in [-0.1, -0.05) is 24.3 Å². The lowest BCUT2D eigenvalue weighted by Gasteiger charge is -2.28. The molecular weight excluding hydrogens is 400 g/mol. The van der Waals surface area contributed by atoms with Crippen LogP contribution in [0.2, 0.25) is 0 Å². The summed E-state index contributed by atoms with van der Waals surface area (Å²) in [4.78, 5) is 27.0. The highest BCUT2D eigenvalue weighted by atomic mass is 32.2. The standard InChI is InChI=1S/C23H30N2O4S/c1-5-24-23(27)17(2)25(14-18-6-10-20(28-3)11-7-18)22(26)16-30-15-19-8-12-21(29-4)13-9-19/h6-13,17H,5,14-16H2,1-4H3,(H,24,27)/t17-/m1/s1. The Kier molecular flexibility index (Phi) is 9.54. The number of carbonyl (C=O) groups excluding carboxylic acids is 2. The van der Waals surface area contributed by atoms with Crippen molar-refractivity contribution in [3.05, 3.63) is 59.7 Å². The van der Waals surface area contributed by atoms with Crippen LogP contribution in [0.3, 0.4) is 0 Å². The average molecular weight is 431 g/mol. The van der Waals surface area contributed by atoms with E-state index in [0.29, 0.717) is 24.6 Å². The maximum Gasteiger partial charge on any atom is 0.242 e. The summed E-state index contributed by atoms with van der Waals surface area (Å²) in [6.07, 6.45) is 0. The largest absolute Gasteiger partial charge is 0.497 e. The monoisotopic (exact) mass is 430 g/mol. The number of hydrogen-bond donors (Lipinski definition) is 1. The molecule has 1 atom stereocenters. The Hall–Kier alpha value is -2.67. The minimum atomic E-state index is -0.555. The number of benzene rings is 2. The number of rotatable bonds is 11. The molecule has 2 amide bonds. The molecule has 2 aromatic carbocycles. The number of amides is 2. The maximum absolute atomic E-state index is 13.0. The molecule has 0 aromatic heterocycles. The SMILES string of the molecule is CCNC(=O)[C@@H](C)N(Cc1ccc(OC)cc1)C(=O)CSCc1ccc(OC)cc1. The first-order valence-corrected chi connectivity index (χ1v) is 11.0.